The van der Waals surface area contributed by atoms with Crippen molar-refractivity contribution in [1.29, 1.82) is 0 Å². The predicted octanol–water partition coefficient (Wildman–Crippen LogP) is 2.93. The number of aryl methyl sites for hydroxylation is 1. The summed E-state index contributed by atoms with van der Waals surface area (Å²) in [6.07, 6.45) is 2.74. The van der Waals surface area contributed by atoms with Crippen LogP contribution in [0.5, 0.6) is 0 Å². The number of nitrogens with zero attached hydrogens (tertiary/aromatic N) is 2. The highest BCUT2D eigenvalue weighted by Gasteiger charge is 2.28. The molecule has 0 radical (unpaired) electrons. The number of amides is 1. The Morgan fingerprint density at radius 1 is 1.46 bits per heavy atom. The summed E-state index contributed by atoms with van der Waals surface area (Å²) >= 11 is 1.39. The van der Waals surface area contributed by atoms with Crippen LogP contribution in [0.25, 0.3) is 0 Å². The molecule has 0 aliphatic rings. The number of rotatable bonds is 8. The number of aromatic nitrogens is 2. The lowest BCUT2D eigenvalue weighted by atomic mass is 9.85. The second-order valence-corrected chi connectivity index (χ2v) is 7.32. The van der Waals surface area contributed by atoms with E-state index >= 15 is 0 Å². The van der Waals surface area contributed by atoms with Gasteiger partial charge in [0, 0.05) is 35.8 Å². The topological polar surface area (TPSA) is 99.0 Å². The Hall–Kier alpha value is -2.32. The monoisotopic (exact) mass is 377 g/mol. The van der Waals surface area contributed by atoms with Gasteiger partial charge >= 0.3 is 0 Å². The Kier molecular flexibility index (Phi) is 6.44. The van der Waals surface area contributed by atoms with Crippen molar-refractivity contribution >= 4 is 23.4 Å². The molecule has 0 aliphatic carbocycles. The van der Waals surface area contributed by atoms with Gasteiger partial charge in [-0.15, -0.1) is 11.8 Å². The third kappa shape index (κ3) is 4.86. The van der Waals surface area contributed by atoms with Gasteiger partial charge in [-0.25, -0.2) is 4.39 Å². The number of carbonyl (C=O) groups excluding carboxylic acids is 1. The first-order valence-corrected chi connectivity index (χ1v) is 9.21. The van der Waals surface area contributed by atoms with Gasteiger partial charge in [0.25, 0.3) is 5.91 Å². The summed E-state index contributed by atoms with van der Waals surface area (Å²) in [5.74, 6) is -0.136. The molecule has 0 saturated heterocycles. The van der Waals surface area contributed by atoms with Gasteiger partial charge in [0.2, 0.25) is 0 Å². The number of hydrogen-bond donors (Lipinski definition) is 3. The van der Waals surface area contributed by atoms with Gasteiger partial charge in [-0.1, -0.05) is 13.5 Å². The molecule has 140 valence electrons. The van der Waals surface area contributed by atoms with Crippen molar-refractivity contribution in [2.24, 2.45) is 18.5 Å². The van der Waals surface area contributed by atoms with Gasteiger partial charge in [0.1, 0.15) is 5.82 Å². The molecule has 5 N–H and O–H groups in total. The van der Waals surface area contributed by atoms with Crippen LogP contribution in [-0.4, -0.2) is 21.4 Å². The fourth-order valence-electron chi connectivity index (χ4n) is 2.58. The number of carbonyl (C=O) groups is 1. The second kappa shape index (κ2) is 8.37. The van der Waals surface area contributed by atoms with Crippen molar-refractivity contribution in [3.8, 4) is 0 Å². The molecule has 1 amide bonds. The Labute approximate surface area is 156 Å². The SMILES string of the molecule is C=C(N)SCC[C@@](N)(CC)c1cc(NC(=O)c2ccn(C)n2)ccc1F. The molecule has 2 rings (SSSR count). The van der Waals surface area contributed by atoms with E-state index < -0.39 is 11.4 Å². The Balaban J connectivity index is 2.21. The zero-order chi connectivity index (χ0) is 19.3. The van der Waals surface area contributed by atoms with Crippen LogP contribution in [-0.2, 0) is 12.6 Å². The summed E-state index contributed by atoms with van der Waals surface area (Å²) in [4.78, 5) is 12.3. The number of thioether (sulfide) groups is 1. The first-order chi connectivity index (χ1) is 12.2. The summed E-state index contributed by atoms with van der Waals surface area (Å²) < 4.78 is 16.0. The van der Waals surface area contributed by atoms with E-state index in [4.69, 9.17) is 11.5 Å². The fourth-order valence-corrected chi connectivity index (χ4v) is 3.31. The molecular formula is C18H24FN5OS. The highest BCUT2D eigenvalue weighted by atomic mass is 32.2. The largest absolute Gasteiger partial charge is 0.394 e. The standard InChI is InChI=1S/C18H24FN5OS/c1-4-18(21,8-10-26-12(2)20)14-11-13(5-6-15(14)19)22-17(25)16-7-9-24(3)23-16/h5-7,9,11H,2,4,8,10,20-21H2,1,3H3,(H,22,25)/t18-/m0/s1. The van der Waals surface area contributed by atoms with E-state index in [0.717, 1.165) is 0 Å². The minimum atomic E-state index is -0.863. The molecule has 8 heteroatoms. The van der Waals surface area contributed by atoms with E-state index in [-0.39, 0.29) is 11.6 Å². The van der Waals surface area contributed by atoms with Crippen LogP contribution in [0.3, 0.4) is 0 Å². The number of nitrogens with two attached hydrogens (primary N) is 2. The zero-order valence-electron chi connectivity index (χ0n) is 15.0. The minimum absolute atomic E-state index is 0.283. The van der Waals surface area contributed by atoms with Crippen molar-refractivity contribution in [3.63, 3.8) is 0 Å². The smallest absolute Gasteiger partial charge is 0.276 e. The highest BCUT2D eigenvalue weighted by molar-refractivity contribution is 8.02. The van der Waals surface area contributed by atoms with Crippen LogP contribution in [0.1, 0.15) is 35.8 Å². The lowest BCUT2D eigenvalue weighted by Crippen LogP contribution is -2.37. The average Bonchev–Trinajstić information content (AvgIpc) is 3.02. The molecule has 26 heavy (non-hydrogen) atoms. The van der Waals surface area contributed by atoms with Gasteiger partial charge in [-0.2, -0.15) is 5.10 Å². The third-order valence-corrected chi connectivity index (χ3v) is 4.95. The van der Waals surface area contributed by atoms with Gasteiger partial charge in [0.15, 0.2) is 5.69 Å². The van der Waals surface area contributed by atoms with Gasteiger partial charge in [-0.05, 0) is 37.1 Å². The van der Waals surface area contributed by atoms with Crippen LogP contribution in [0.2, 0.25) is 0 Å². The number of nitrogens with one attached hydrogen (secondary N) is 1. The molecule has 0 spiro atoms. The maximum atomic E-state index is 14.4. The fraction of sp³-hybridized carbons (Fsp3) is 0.333. The summed E-state index contributed by atoms with van der Waals surface area (Å²) in [6, 6.07) is 6.01. The molecule has 0 bridgehead atoms. The molecule has 0 fully saturated rings. The summed E-state index contributed by atoms with van der Waals surface area (Å²) in [6.45, 7) is 5.54. The van der Waals surface area contributed by atoms with Crippen LogP contribution in [0.4, 0.5) is 10.1 Å². The zero-order valence-corrected chi connectivity index (χ0v) is 15.8. The molecular weight excluding hydrogens is 353 g/mol. The highest BCUT2D eigenvalue weighted by Crippen LogP contribution is 2.32. The number of halogens is 1. The molecule has 2 aromatic rings. The van der Waals surface area contributed by atoms with Crippen molar-refractivity contribution in [2.45, 2.75) is 25.3 Å². The van der Waals surface area contributed by atoms with E-state index in [0.29, 0.717) is 34.9 Å². The van der Waals surface area contributed by atoms with E-state index in [9.17, 15) is 9.18 Å². The van der Waals surface area contributed by atoms with E-state index in [2.05, 4.69) is 17.0 Å². The van der Waals surface area contributed by atoms with Crippen LogP contribution in [0, 0.1) is 5.82 Å². The maximum Gasteiger partial charge on any atom is 0.276 e. The maximum absolute atomic E-state index is 14.4. The molecule has 0 aliphatic heterocycles. The van der Waals surface area contributed by atoms with Crippen LogP contribution >= 0.6 is 11.8 Å². The molecule has 0 unspecified atom stereocenters. The lowest BCUT2D eigenvalue weighted by molar-refractivity contribution is 0.102. The Morgan fingerprint density at radius 3 is 2.77 bits per heavy atom. The number of hydrogen-bond acceptors (Lipinski definition) is 5. The van der Waals surface area contributed by atoms with Crippen molar-refractivity contribution in [1.82, 2.24) is 9.78 Å². The Morgan fingerprint density at radius 2 is 2.19 bits per heavy atom. The number of anilines is 1. The van der Waals surface area contributed by atoms with Crippen molar-refractivity contribution < 1.29 is 9.18 Å². The molecule has 0 saturated carbocycles. The minimum Gasteiger partial charge on any atom is -0.394 e. The van der Waals surface area contributed by atoms with E-state index in [1.807, 2.05) is 6.92 Å². The first kappa shape index (κ1) is 20.0. The summed E-state index contributed by atoms with van der Waals surface area (Å²) in [7, 11) is 1.73. The molecule has 1 aromatic heterocycles. The van der Waals surface area contributed by atoms with Gasteiger partial charge in [-0.3, -0.25) is 9.48 Å². The molecule has 1 atom stereocenters. The second-order valence-electron chi connectivity index (χ2n) is 6.10. The predicted molar refractivity (Wildman–Crippen MR) is 104 cm³/mol. The van der Waals surface area contributed by atoms with E-state index in [1.165, 1.54) is 28.6 Å². The summed E-state index contributed by atoms with van der Waals surface area (Å²) in [5, 5.41) is 7.29. The normalized spacial score (nSPS) is 13.2. The van der Waals surface area contributed by atoms with Gasteiger partial charge in [0.05, 0.1) is 5.03 Å². The van der Waals surface area contributed by atoms with Crippen molar-refractivity contribution in [2.75, 3.05) is 11.1 Å². The number of benzene rings is 1. The average molecular weight is 377 g/mol. The van der Waals surface area contributed by atoms with Gasteiger partial charge < -0.3 is 16.8 Å². The Bertz CT molecular complexity index is 807. The van der Waals surface area contributed by atoms with Crippen LogP contribution < -0.4 is 16.8 Å². The van der Waals surface area contributed by atoms with E-state index in [1.54, 1.807) is 25.4 Å². The summed E-state index contributed by atoms with van der Waals surface area (Å²) in [5.41, 5.74) is 12.3. The van der Waals surface area contributed by atoms with Crippen molar-refractivity contribution in [3.05, 3.63) is 59.1 Å². The quantitative estimate of drug-likeness (QED) is 0.657. The molecule has 6 nitrogen and oxygen atoms in total. The van der Waals surface area contributed by atoms with Crippen LogP contribution in [0.15, 0.2) is 42.1 Å². The molecule has 1 heterocycles. The first-order valence-electron chi connectivity index (χ1n) is 8.22. The lowest BCUT2D eigenvalue weighted by Gasteiger charge is -2.29. The molecule has 1 aromatic carbocycles. The third-order valence-electron chi connectivity index (χ3n) is 4.17.